The summed E-state index contributed by atoms with van der Waals surface area (Å²) in [4.78, 5) is 0. The molecule has 0 radical (unpaired) electrons. The van der Waals surface area contributed by atoms with Gasteiger partial charge in [0.25, 0.3) is 0 Å². The standard InChI is InChI=1S/C35H72O13/c1-4-5-6-7-8-9-10-36-11-12-37-13-14-38-15-16-39-17-18-40-19-20-41-21-22-42-23-24-43-25-26-44-27-28-45-29-30-46-31-32-47-33-34-48-35(2)3/h35H,4-34H2,1-3H3. The second-order valence-corrected chi connectivity index (χ2v) is 11.0. The van der Waals surface area contributed by atoms with Crippen LogP contribution < -0.4 is 0 Å². The van der Waals surface area contributed by atoms with Gasteiger partial charge in [-0.2, -0.15) is 0 Å². The summed E-state index contributed by atoms with van der Waals surface area (Å²) in [5, 5.41) is 0. The Bertz CT molecular complexity index is 561. The van der Waals surface area contributed by atoms with Crippen molar-refractivity contribution in [2.45, 2.75) is 65.4 Å². The molecule has 0 aromatic rings. The summed E-state index contributed by atoms with van der Waals surface area (Å²) in [5.74, 6) is 0. The maximum atomic E-state index is 5.59. The van der Waals surface area contributed by atoms with Crippen molar-refractivity contribution in [2.75, 3.05) is 165 Å². The molecule has 0 atom stereocenters. The normalized spacial score (nSPS) is 11.8. The largest absolute Gasteiger partial charge is 0.379 e. The van der Waals surface area contributed by atoms with Gasteiger partial charge in [0.15, 0.2) is 0 Å². The van der Waals surface area contributed by atoms with Gasteiger partial charge < -0.3 is 61.6 Å². The molecule has 0 aliphatic carbocycles. The van der Waals surface area contributed by atoms with E-state index in [9.17, 15) is 0 Å². The lowest BCUT2D eigenvalue weighted by Gasteiger charge is -2.09. The van der Waals surface area contributed by atoms with Crippen molar-refractivity contribution in [2.24, 2.45) is 0 Å². The van der Waals surface area contributed by atoms with Crippen molar-refractivity contribution in [3.8, 4) is 0 Å². The van der Waals surface area contributed by atoms with Gasteiger partial charge in [-0.15, -0.1) is 0 Å². The van der Waals surface area contributed by atoms with E-state index in [0.29, 0.717) is 159 Å². The molecule has 0 saturated heterocycles. The van der Waals surface area contributed by atoms with Crippen LogP contribution in [0, 0.1) is 0 Å². The van der Waals surface area contributed by atoms with E-state index < -0.39 is 0 Å². The number of rotatable bonds is 44. The first kappa shape index (κ1) is 47.5. The van der Waals surface area contributed by atoms with Crippen LogP contribution in [-0.4, -0.2) is 171 Å². The molecule has 0 amide bonds. The van der Waals surface area contributed by atoms with Gasteiger partial charge in [-0.25, -0.2) is 0 Å². The van der Waals surface area contributed by atoms with E-state index in [2.05, 4.69) is 6.92 Å². The van der Waals surface area contributed by atoms with E-state index in [0.717, 1.165) is 13.0 Å². The van der Waals surface area contributed by atoms with Gasteiger partial charge in [0.05, 0.1) is 165 Å². The first-order chi connectivity index (χ1) is 23.8. The summed E-state index contributed by atoms with van der Waals surface area (Å²) >= 11 is 0. The minimum Gasteiger partial charge on any atom is -0.379 e. The van der Waals surface area contributed by atoms with E-state index in [1.807, 2.05) is 13.8 Å². The Balaban J connectivity index is 3.04. The van der Waals surface area contributed by atoms with E-state index in [1.54, 1.807) is 0 Å². The second-order valence-electron chi connectivity index (χ2n) is 11.0. The fourth-order valence-corrected chi connectivity index (χ4v) is 3.85. The smallest absolute Gasteiger partial charge is 0.0703 e. The molecule has 0 bridgehead atoms. The van der Waals surface area contributed by atoms with Gasteiger partial charge in [0.2, 0.25) is 0 Å². The van der Waals surface area contributed by atoms with Crippen molar-refractivity contribution < 1.29 is 61.6 Å². The van der Waals surface area contributed by atoms with Crippen LogP contribution in [0.2, 0.25) is 0 Å². The lowest BCUT2D eigenvalue weighted by molar-refractivity contribution is -0.0298. The highest BCUT2D eigenvalue weighted by Gasteiger charge is 1.98. The maximum Gasteiger partial charge on any atom is 0.0703 e. The zero-order valence-corrected chi connectivity index (χ0v) is 30.8. The van der Waals surface area contributed by atoms with Crippen molar-refractivity contribution >= 4 is 0 Å². The van der Waals surface area contributed by atoms with E-state index in [4.69, 9.17) is 61.6 Å². The lowest BCUT2D eigenvalue weighted by atomic mass is 10.1. The Hall–Kier alpha value is -0.520. The molecule has 0 unspecified atom stereocenters. The summed E-state index contributed by atoms with van der Waals surface area (Å²) in [6.45, 7) is 20.1. The number of unbranched alkanes of at least 4 members (excludes halogenated alkanes) is 5. The van der Waals surface area contributed by atoms with E-state index in [-0.39, 0.29) is 6.10 Å². The molecule has 290 valence electrons. The van der Waals surface area contributed by atoms with Gasteiger partial charge >= 0.3 is 0 Å². The van der Waals surface area contributed by atoms with Crippen LogP contribution >= 0.6 is 0 Å². The Morgan fingerprint density at radius 1 is 0.250 bits per heavy atom. The summed E-state index contributed by atoms with van der Waals surface area (Å²) in [7, 11) is 0. The topological polar surface area (TPSA) is 120 Å². The molecule has 0 saturated carbocycles. The van der Waals surface area contributed by atoms with Crippen LogP contribution in [0.1, 0.15) is 59.3 Å². The third-order valence-corrected chi connectivity index (χ3v) is 6.41. The number of ether oxygens (including phenoxy) is 13. The third-order valence-electron chi connectivity index (χ3n) is 6.41. The molecule has 0 fully saturated rings. The van der Waals surface area contributed by atoms with Crippen molar-refractivity contribution in [3.05, 3.63) is 0 Å². The molecule has 0 spiro atoms. The lowest BCUT2D eigenvalue weighted by Crippen LogP contribution is -2.15. The molecular weight excluding hydrogens is 628 g/mol. The highest BCUT2D eigenvalue weighted by Crippen LogP contribution is 2.04. The van der Waals surface area contributed by atoms with Gasteiger partial charge in [-0.1, -0.05) is 39.0 Å². The minimum atomic E-state index is 0.232. The Kier molecular flexibility index (Phi) is 44.0. The zero-order chi connectivity index (χ0) is 34.7. The molecular formula is C35H72O13. The first-order valence-corrected chi connectivity index (χ1v) is 18.3. The van der Waals surface area contributed by atoms with Gasteiger partial charge in [-0.05, 0) is 20.3 Å². The van der Waals surface area contributed by atoms with Gasteiger partial charge in [0, 0.05) is 6.61 Å². The van der Waals surface area contributed by atoms with Crippen molar-refractivity contribution in [1.82, 2.24) is 0 Å². The van der Waals surface area contributed by atoms with Crippen molar-refractivity contribution in [1.29, 1.82) is 0 Å². The third kappa shape index (κ3) is 45.5. The van der Waals surface area contributed by atoms with Crippen LogP contribution in [-0.2, 0) is 61.6 Å². The van der Waals surface area contributed by atoms with Crippen LogP contribution in [0.5, 0.6) is 0 Å². The monoisotopic (exact) mass is 700 g/mol. The van der Waals surface area contributed by atoms with Crippen LogP contribution in [0.3, 0.4) is 0 Å². The molecule has 48 heavy (non-hydrogen) atoms. The second kappa shape index (κ2) is 44.5. The minimum absolute atomic E-state index is 0.232. The highest BCUT2D eigenvalue weighted by molar-refractivity contribution is 4.44. The summed E-state index contributed by atoms with van der Waals surface area (Å²) in [6, 6.07) is 0. The van der Waals surface area contributed by atoms with Gasteiger partial charge in [-0.3, -0.25) is 0 Å². The van der Waals surface area contributed by atoms with Crippen LogP contribution in [0.4, 0.5) is 0 Å². The SMILES string of the molecule is CCCCCCCCOCCOCCOCCOCCOCCOCCOCCOCCOCCOCCOCCOCCOC(C)C. The molecule has 0 aromatic carbocycles. The average molecular weight is 701 g/mol. The summed E-state index contributed by atoms with van der Waals surface area (Å²) in [5.41, 5.74) is 0. The molecule has 0 aliphatic heterocycles. The average Bonchev–Trinajstić information content (AvgIpc) is 3.08. The fourth-order valence-electron chi connectivity index (χ4n) is 3.85. The quantitative estimate of drug-likeness (QED) is 0.0854. The molecule has 13 heteroatoms. The molecule has 0 N–H and O–H groups in total. The van der Waals surface area contributed by atoms with Gasteiger partial charge in [0.1, 0.15) is 0 Å². The predicted molar refractivity (Wildman–Crippen MR) is 184 cm³/mol. The van der Waals surface area contributed by atoms with E-state index >= 15 is 0 Å². The molecule has 0 rings (SSSR count). The Morgan fingerprint density at radius 2 is 0.458 bits per heavy atom. The predicted octanol–water partition coefficient (Wildman–Crippen LogP) is 3.97. The highest BCUT2D eigenvalue weighted by atomic mass is 16.6. The summed E-state index contributed by atoms with van der Waals surface area (Å²) in [6.07, 6.45) is 7.91. The van der Waals surface area contributed by atoms with Crippen LogP contribution in [0.25, 0.3) is 0 Å². The maximum absolute atomic E-state index is 5.59. The molecule has 13 nitrogen and oxygen atoms in total. The molecule has 0 aromatic heterocycles. The fraction of sp³-hybridized carbons (Fsp3) is 1.00. The first-order valence-electron chi connectivity index (χ1n) is 18.3. The number of hydrogen-bond donors (Lipinski definition) is 0. The Labute approximate surface area is 292 Å². The van der Waals surface area contributed by atoms with Crippen LogP contribution in [0.15, 0.2) is 0 Å². The Morgan fingerprint density at radius 3 is 0.708 bits per heavy atom. The molecule has 0 heterocycles. The zero-order valence-electron chi connectivity index (χ0n) is 30.8. The number of hydrogen-bond acceptors (Lipinski definition) is 13. The summed E-state index contributed by atoms with van der Waals surface area (Å²) < 4.78 is 71.3. The molecule has 0 aliphatic rings. The van der Waals surface area contributed by atoms with Crippen molar-refractivity contribution in [3.63, 3.8) is 0 Å². The van der Waals surface area contributed by atoms with E-state index in [1.165, 1.54) is 32.1 Å².